The highest BCUT2D eigenvalue weighted by atomic mass is 16.5. The lowest BCUT2D eigenvalue weighted by atomic mass is 10.1. The van der Waals surface area contributed by atoms with Gasteiger partial charge in [0.25, 0.3) is 5.91 Å². The van der Waals surface area contributed by atoms with Gasteiger partial charge in [-0.15, -0.1) is 0 Å². The first-order chi connectivity index (χ1) is 11.6. The van der Waals surface area contributed by atoms with E-state index < -0.39 is 0 Å². The quantitative estimate of drug-likeness (QED) is 0.874. The summed E-state index contributed by atoms with van der Waals surface area (Å²) in [7, 11) is 0. The molecule has 24 heavy (non-hydrogen) atoms. The van der Waals surface area contributed by atoms with Gasteiger partial charge in [-0.2, -0.15) is 0 Å². The Hall–Kier alpha value is -2.67. The number of amides is 1. The van der Waals surface area contributed by atoms with E-state index >= 15 is 0 Å². The van der Waals surface area contributed by atoms with E-state index in [1.54, 1.807) is 6.20 Å². The van der Waals surface area contributed by atoms with Crippen molar-refractivity contribution in [3.8, 4) is 5.75 Å². The molecule has 3 heterocycles. The number of aromatic nitrogens is 2. The minimum atomic E-state index is -0.296. The second-order valence-corrected chi connectivity index (χ2v) is 5.68. The van der Waals surface area contributed by atoms with Crippen LogP contribution in [0.3, 0.4) is 0 Å². The highest BCUT2D eigenvalue weighted by molar-refractivity contribution is 5.94. The summed E-state index contributed by atoms with van der Waals surface area (Å²) >= 11 is 0. The Morgan fingerprint density at radius 2 is 2.25 bits per heavy atom. The molecule has 0 unspecified atom stereocenters. The van der Waals surface area contributed by atoms with Gasteiger partial charge < -0.3 is 19.8 Å². The molecule has 0 aromatic carbocycles. The van der Waals surface area contributed by atoms with Crippen molar-refractivity contribution in [1.82, 2.24) is 15.3 Å². The van der Waals surface area contributed by atoms with Crippen molar-refractivity contribution in [3.63, 3.8) is 0 Å². The standard InChI is InChI=1S/C17H19N3O4/c1-11-2-4-13(9-18-11)24-15-10-23-7-6-14(15)20-17(22)12-3-5-16(21)19-8-12/h2-5,8-9,14-15H,6-7,10H2,1H3,(H,19,21)(H,20,22)/t14-,15+/m1/s1. The summed E-state index contributed by atoms with van der Waals surface area (Å²) in [6.45, 7) is 2.85. The molecule has 2 aromatic heterocycles. The van der Waals surface area contributed by atoms with Crippen molar-refractivity contribution in [1.29, 1.82) is 0 Å². The van der Waals surface area contributed by atoms with Gasteiger partial charge in [0, 0.05) is 24.6 Å². The number of rotatable bonds is 4. The Morgan fingerprint density at radius 3 is 2.96 bits per heavy atom. The molecule has 7 heteroatoms. The van der Waals surface area contributed by atoms with E-state index in [2.05, 4.69) is 15.3 Å². The molecular weight excluding hydrogens is 310 g/mol. The molecule has 126 valence electrons. The summed E-state index contributed by atoms with van der Waals surface area (Å²) in [6.07, 6.45) is 3.41. The third-order valence-electron chi connectivity index (χ3n) is 3.84. The molecule has 0 saturated carbocycles. The summed E-state index contributed by atoms with van der Waals surface area (Å²) in [6, 6.07) is 6.35. The summed E-state index contributed by atoms with van der Waals surface area (Å²) in [5, 5.41) is 2.95. The van der Waals surface area contributed by atoms with Gasteiger partial charge in [-0.3, -0.25) is 14.6 Å². The van der Waals surface area contributed by atoms with Gasteiger partial charge in [-0.1, -0.05) is 0 Å². The SMILES string of the molecule is Cc1ccc(O[C@H]2COCC[C@H]2NC(=O)c2ccc(=O)[nH]c2)cn1. The fourth-order valence-corrected chi connectivity index (χ4v) is 2.50. The maximum Gasteiger partial charge on any atom is 0.253 e. The number of hydrogen-bond acceptors (Lipinski definition) is 5. The van der Waals surface area contributed by atoms with Crippen LogP contribution in [0.2, 0.25) is 0 Å². The topological polar surface area (TPSA) is 93.3 Å². The predicted octanol–water partition coefficient (Wildman–Crippen LogP) is 1.04. The first-order valence-corrected chi connectivity index (χ1v) is 7.78. The van der Waals surface area contributed by atoms with E-state index in [-0.39, 0.29) is 23.6 Å². The second-order valence-electron chi connectivity index (χ2n) is 5.68. The van der Waals surface area contributed by atoms with Crippen LogP contribution in [0.4, 0.5) is 0 Å². The van der Waals surface area contributed by atoms with Gasteiger partial charge in [0.05, 0.1) is 24.4 Å². The number of hydrogen-bond donors (Lipinski definition) is 2. The lowest BCUT2D eigenvalue weighted by Gasteiger charge is -2.32. The van der Waals surface area contributed by atoms with Crippen LogP contribution in [-0.4, -0.2) is 41.2 Å². The maximum absolute atomic E-state index is 12.3. The van der Waals surface area contributed by atoms with Gasteiger partial charge in [0.2, 0.25) is 5.56 Å². The number of nitrogens with one attached hydrogen (secondary N) is 2. The molecule has 1 saturated heterocycles. The van der Waals surface area contributed by atoms with Gasteiger partial charge in [0.15, 0.2) is 0 Å². The third kappa shape index (κ3) is 3.99. The maximum atomic E-state index is 12.3. The molecule has 3 rings (SSSR count). The zero-order valence-electron chi connectivity index (χ0n) is 13.3. The number of carbonyl (C=O) groups excluding carboxylic acids is 1. The number of aromatic amines is 1. The summed E-state index contributed by atoms with van der Waals surface area (Å²) < 4.78 is 11.4. The van der Waals surface area contributed by atoms with Gasteiger partial charge in [-0.05, 0) is 31.5 Å². The average molecular weight is 329 g/mol. The van der Waals surface area contributed by atoms with Gasteiger partial charge in [0.1, 0.15) is 11.9 Å². The first kappa shape index (κ1) is 16.2. The van der Waals surface area contributed by atoms with E-state index in [0.717, 1.165) is 5.69 Å². The number of H-pyrrole nitrogens is 1. The summed E-state index contributed by atoms with van der Waals surface area (Å²) in [5.41, 5.74) is 1.06. The highest BCUT2D eigenvalue weighted by Gasteiger charge is 2.29. The smallest absolute Gasteiger partial charge is 0.253 e. The Kier molecular flexibility index (Phi) is 4.90. The van der Waals surface area contributed by atoms with Crippen molar-refractivity contribution >= 4 is 5.91 Å². The van der Waals surface area contributed by atoms with Crippen molar-refractivity contribution in [3.05, 3.63) is 58.3 Å². The average Bonchev–Trinajstić information content (AvgIpc) is 2.59. The Bertz CT molecular complexity index is 737. The van der Waals surface area contributed by atoms with Crippen molar-refractivity contribution in [2.45, 2.75) is 25.5 Å². The summed E-state index contributed by atoms with van der Waals surface area (Å²) in [4.78, 5) is 30.1. The Morgan fingerprint density at radius 1 is 1.38 bits per heavy atom. The molecular formula is C17H19N3O4. The van der Waals surface area contributed by atoms with Crippen molar-refractivity contribution in [2.75, 3.05) is 13.2 Å². The highest BCUT2D eigenvalue weighted by Crippen LogP contribution is 2.17. The third-order valence-corrected chi connectivity index (χ3v) is 3.84. The van der Waals surface area contributed by atoms with E-state index in [0.29, 0.717) is 30.9 Å². The molecule has 2 atom stereocenters. The summed E-state index contributed by atoms with van der Waals surface area (Å²) in [5.74, 6) is 0.383. The lowest BCUT2D eigenvalue weighted by Crippen LogP contribution is -2.51. The Balaban J connectivity index is 1.67. The fraction of sp³-hybridized carbons (Fsp3) is 0.353. The normalized spacial score (nSPS) is 20.4. The van der Waals surface area contributed by atoms with E-state index in [9.17, 15) is 9.59 Å². The molecule has 2 N–H and O–H groups in total. The first-order valence-electron chi connectivity index (χ1n) is 7.78. The van der Waals surface area contributed by atoms with Crippen LogP contribution in [0.1, 0.15) is 22.5 Å². The van der Waals surface area contributed by atoms with Crippen LogP contribution in [0.5, 0.6) is 5.75 Å². The van der Waals surface area contributed by atoms with Crippen LogP contribution in [-0.2, 0) is 4.74 Å². The minimum absolute atomic E-state index is 0.181. The molecule has 1 aliphatic rings. The molecule has 0 radical (unpaired) electrons. The monoisotopic (exact) mass is 329 g/mol. The predicted molar refractivity (Wildman–Crippen MR) is 87.1 cm³/mol. The van der Waals surface area contributed by atoms with Crippen LogP contribution < -0.4 is 15.6 Å². The molecule has 1 aliphatic heterocycles. The minimum Gasteiger partial charge on any atom is -0.484 e. The largest absolute Gasteiger partial charge is 0.484 e. The van der Waals surface area contributed by atoms with E-state index in [1.807, 2.05) is 19.1 Å². The van der Waals surface area contributed by atoms with Crippen molar-refractivity contribution in [2.24, 2.45) is 0 Å². The molecule has 2 aromatic rings. The molecule has 0 spiro atoms. The number of aryl methyl sites for hydroxylation is 1. The zero-order chi connectivity index (χ0) is 16.9. The Labute approximate surface area is 139 Å². The molecule has 7 nitrogen and oxygen atoms in total. The fourth-order valence-electron chi connectivity index (χ4n) is 2.50. The van der Waals surface area contributed by atoms with Crippen LogP contribution in [0.15, 0.2) is 41.5 Å². The molecule has 0 aliphatic carbocycles. The van der Waals surface area contributed by atoms with E-state index in [1.165, 1.54) is 18.3 Å². The lowest BCUT2D eigenvalue weighted by molar-refractivity contribution is -0.0136. The zero-order valence-corrected chi connectivity index (χ0v) is 13.3. The van der Waals surface area contributed by atoms with Crippen molar-refractivity contribution < 1.29 is 14.3 Å². The van der Waals surface area contributed by atoms with Crippen LogP contribution in [0, 0.1) is 6.92 Å². The van der Waals surface area contributed by atoms with Crippen LogP contribution in [0.25, 0.3) is 0 Å². The van der Waals surface area contributed by atoms with E-state index in [4.69, 9.17) is 9.47 Å². The van der Waals surface area contributed by atoms with Gasteiger partial charge in [-0.25, -0.2) is 0 Å². The molecule has 0 bridgehead atoms. The number of carbonyl (C=O) groups is 1. The second kappa shape index (κ2) is 7.27. The van der Waals surface area contributed by atoms with Gasteiger partial charge >= 0.3 is 0 Å². The van der Waals surface area contributed by atoms with Crippen LogP contribution >= 0.6 is 0 Å². The molecule has 1 amide bonds. The number of pyridine rings is 2. The number of ether oxygens (including phenoxy) is 2. The molecule has 1 fully saturated rings. The number of nitrogens with zero attached hydrogens (tertiary/aromatic N) is 1.